The van der Waals surface area contributed by atoms with E-state index in [1.165, 1.54) is 11.3 Å². The summed E-state index contributed by atoms with van der Waals surface area (Å²) in [6, 6.07) is 15.3. The lowest BCUT2D eigenvalue weighted by Crippen LogP contribution is -2.39. The Labute approximate surface area is 180 Å². The number of carbonyl (C=O) groups is 2. The van der Waals surface area contributed by atoms with E-state index in [0.717, 1.165) is 41.2 Å². The van der Waals surface area contributed by atoms with Gasteiger partial charge in [-0.3, -0.25) is 9.59 Å². The molecule has 3 aromatic rings. The van der Waals surface area contributed by atoms with Gasteiger partial charge in [0.1, 0.15) is 5.01 Å². The Morgan fingerprint density at radius 3 is 2.37 bits per heavy atom. The van der Waals surface area contributed by atoms with Crippen LogP contribution in [0.2, 0.25) is 0 Å². The predicted octanol–water partition coefficient (Wildman–Crippen LogP) is 4.43. The number of hydrogen-bond donors (Lipinski definition) is 1. The molecule has 154 valence electrons. The van der Waals surface area contributed by atoms with Crippen molar-refractivity contribution < 1.29 is 9.59 Å². The van der Waals surface area contributed by atoms with Gasteiger partial charge in [0, 0.05) is 30.3 Å². The zero-order valence-corrected chi connectivity index (χ0v) is 17.9. The number of aryl methyl sites for hydroxylation is 2. The molecule has 1 aliphatic rings. The molecular formula is C23H24N4O2S. The molecule has 1 saturated heterocycles. The summed E-state index contributed by atoms with van der Waals surface area (Å²) in [6.07, 6.45) is 1.85. The maximum absolute atomic E-state index is 12.9. The second kappa shape index (κ2) is 8.75. The average Bonchev–Trinajstić information content (AvgIpc) is 3.26. The molecule has 2 heterocycles. The summed E-state index contributed by atoms with van der Waals surface area (Å²) < 4.78 is 0. The van der Waals surface area contributed by atoms with Gasteiger partial charge in [-0.2, -0.15) is 0 Å². The Hall–Kier alpha value is -3.06. The fraction of sp³-hybridized carbons (Fsp3) is 0.304. The van der Waals surface area contributed by atoms with Gasteiger partial charge in [0.25, 0.3) is 11.8 Å². The van der Waals surface area contributed by atoms with Gasteiger partial charge in [0.05, 0.1) is 0 Å². The third-order valence-corrected chi connectivity index (χ3v) is 6.39. The molecule has 2 amide bonds. The first-order valence-corrected chi connectivity index (χ1v) is 10.9. The number of rotatable bonds is 4. The highest BCUT2D eigenvalue weighted by atomic mass is 32.1. The molecule has 0 bridgehead atoms. The lowest BCUT2D eigenvalue weighted by Gasteiger charge is -2.31. The van der Waals surface area contributed by atoms with Gasteiger partial charge >= 0.3 is 0 Å². The number of likely N-dealkylation sites (tertiary alicyclic amines) is 1. The van der Waals surface area contributed by atoms with Crippen molar-refractivity contribution in [1.29, 1.82) is 0 Å². The zero-order chi connectivity index (χ0) is 21.1. The lowest BCUT2D eigenvalue weighted by atomic mass is 9.98. The summed E-state index contributed by atoms with van der Waals surface area (Å²) in [5.74, 6) is -0.112. The number of amides is 2. The monoisotopic (exact) mass is 420 g/mol. The predicted molar refractivity (Wildman–Crippen MR) is 118 cm³/mol. The molecule has 1 aromatic heterocycles. The largest absolute Gasteiger partial charge is 0.338 e. The Kier molecular flexibility index (Phi) is 5.90. The van der Waals surface area contributed by atoms with Crippen molar-refractivity contribution in [2.45, 2.75) is 32.6 Å². The Morgan fingerprint density at radius 1 is 1.00 bits per heavy atom. The number of aromatic nitrogens is 2. The molecule has 7 heteroatoms. The third kappa shape index (κ3) is 4.57. The number of anilines is 1. The number of nitrogens with zero attached hydrogens (tertiary/aromatic N) is 3. The maximum atomic E-state index is 12.9. The van der Waals surface area contributed by atoms with Crippen LogP contribution in [0, 0.1) is 13.8 Å². The van der Waals surface area contributed by atoms with Crippen molar-refractivity contribution in [3.8, 4) is 0 Å². The summed E-state index contributed by atoms with van der Waals surface area (Å²) in [4.78, 5) is 27.3. The Bertz CT molecular complexity index is 1040. The van der Waals surface area contributed by atoms with Crippen molar-refractivity contribution in [3.63, 3.8) is 0 Å². The van der Waals surface area contributed by atoms with Crippen LogP contribution in [0.5, 0.6) is 0 Å². The zero-order valence-electron chi connectivity index (χ0n) is 17.1. The number of nitrogens with one attached hydrogen (secondary N) is 1. The summed E-state index contributed by atoms with van der Waals surface area (Å²) in [7, 11) is 0. The van der Waals surface area contributed by atoms with Crippen LogP contribution < -0.4 is 5.32 Å². The van der Waals surface area contributed by atoms with Gasteiger partial charge in [0.2, 0.25) is 5.01 Å². The molecule has 0 saturated carbocycles. The van der Waals surface area contributed by atoms with Crippen molar-refractivity contribution in [2.24, 2.45) is 0 Å². The first-order valence-electron chi connectivity index (χ1n) is 10.1. The van der Waals surface area contributed by atoms with E-state index in [1.807, 2.05) is 67.3 Å². The van der Waals surface area contributed by atoms with Crippen molar-refractivity contribution in [3.05, 3.63) is 75.2 Å². The number of benzene rings is 2. The molecule has 1 aliphatic heterocycles. The molecular weight excluding hydrogens is 396 g/mol. The van der Waals surface area contributed by atoms with E-state index in [4.69, 9.17) is 0 Å². The highest BCUT2D eigenvalue weighted by Gasteiger charge is 2.28. The van der Waals surface area contributed by atoms with E-state index >= 15 is 0 Å². The molecule has 0 aliphatic carbocycles. The minimum Gasteiger partial charge on any atom is -0.338 e. The average molecular weight is 421 g/mol. The van der Waals surface area contributed by atoms with Gasteiger partial charge in [-0.25, -0.2) is 0 Å². The number of hydrogen-bond acceptors (Lipinski definition) is 5. The molecule has 1 N–H and O–H groups in total. The van der Waals surface area contributed by atoms with E-state index in [-0.39, 0.29) is 17.7 Å². The normalized spacial score (nSPS) is 16.3. The topological polar surface area (TPSA) is 75.2 Å². The van der Waals surface area contributed by atoms with Crippen LogP contribution in [0.15, 0.2) is 48.5 Å². The smallest absolute Gasteiger partial charge is 0.286 e. The van der Waals surface area contributed by atoms with Gasteiger partial charge in [-0.1, -0.05) is 46.7 Å². The molecule has 0 radical (unpaired) electrons. The molecule has 30 heavy (non-hydrogen) atoms. The van der Waals surface area contributed by atoms with E-state index in [0.29, 0.717) is 17.1 Å². The van der Waals surface area contributed by atoms with Crippen LogP contribution in [0.1, 0.15) is 55.1 Å². The minimum absolute atomic E-state index is 0.0431. The number of carbonyl (C=O) groups excluding carboxylic acids is 2. The van der Waals surface area contributed by atoms with Gasteiger partial charge in [-0.15, -0.1) is 10.2 Å². The van der Waals surface area contributed by atoms with Crippen LogP contribution in [-0.4, -0.2) is 40.0 Å². The molecule has 4 rings (SSSR count). The fourth-order valence-electron chi connectivity index (χ4n) is 3.55. The van der Waals surface area contributed by atoms with Crippen molar-refractivity contribution in [1.82, 2.24) is 15.1 Å². The second-order valence-electron chi connectivity index (χ2n) is 7.72. The SMILES string of the molecule is Cc1ccc(NC(=O)c2nnc(C3CCCN(C(=O)c4ccc(C)cc4)C3)s2)cc1. The summed E-state index contributed by atoms with van der Waals surface area (Å²) in [5.41, 5.74) is 3.70. The van der Waals surface area contributed by atoms with Crippen LogP contribution in [0.25, 0.3) is 0 Å². The maximum Gasteiger partial charge on any atom is 0.286 e. The van der Waals surface area contributed by atoms with Crippen LogP contribution in [0.3, 0.4) is 0 Å². The van der Waals surface area contributed by atoms with E-state index in [2.05, 4.69) is 15.5 Å². The van der Waals surface area contributed by atoms with Crippen LogP contribution in [-0.2, 0) is 0 Å². The van der Waals surface area contributed by atoms with Crippen LogP contribution >= 0.6 is 11.3 Å². The standard InChI is InChI=1S/C23H24N4O2S/c1-15-5-9-17(10-6-15)23(29)27-13-3-4-18(14-27)21-25-26-22(30-21)20(28)24-19-11-7-16(2)8-12-19/h5-12,18H,3-4,13-14H2,1-2H3,(H,24,28). The lowest BCUT2D eigenvalue weighted by molar-refractivity contribution is 0.0706. The Morgan fingerprint density at radius 2 is 1.67 bits per heavy atom. The quantitative estimate of drug-likeness (QED) is 0.678. The summed E-state index contributed by atoms with van der Waals surface area (Å²) in [5, 5.41) is 12.4. The Balaban J connectivity index is 1.42. The van der Waals surface area contributed by atoms with E-state index in [1.54, 1.807) is 0 Å². The molecule has 6 nitrogen and oxygen atoms in total. The highest BCUT2D eigenvalue weighted by molar-refractivity contribution is 7.13. The second-order valence-corrected chi connectivity index (χ2v) is 8.73. The summed E-state index contributed by atoms with van der Waals surface area (Å²) in [6.45, 7) is 5.34. The van der Waals surface area contributed by atoms with Crippen molar-refractivity contribution >= 4 is 28.8 Å². The molecule has 0 spiro atoms. The molecule has 1 fully saturated rings. The van der Waals surface area contributed by atoms with Gasteiger partial charge in [0.15, 0.2) is 0 Å². The van der Waals surface area contributed by atoms with Crippen LogP contribution in [0.4, 0.5) is 5.69 Å². The first kappa shape index (κ1) is 20.2. The minimum atomic E-state index is -0.258. The number of piperidine rings is 1. The molecule has 1 atom stereocenters. The third-order valence-electron chi connectivity index (χ3n) is 5.30. The molecule has 2 aromatic carbocycles. The van der Waals surface area contributed by atoms with Gasteiger partial charge in [-0.05, 0) is 51.0 Å². The first-order chi connectivity index (χ1) is 14.5. The van der Waals surface area contributed by atoms with E-state index < -0.39 is 0 Å². The van der Waals surface area contributed by atoms with Gasteiger partial charge < -0.3 is 10.2 Å². The fourth-order valence-corrected chi connectivity index (χ4v) is 4.42. The molecule has 1 unspecified atom stereocenters. The summed E-state index contributed by atoms with van der Waals surface area (Å²) >= 11 is 1.31. The van der Waals surface area contributed by atoms with E-state index in [9.17, 15) is 9.59 Å². The highest BCUT2D eigenvalue weighted by Crippen LogP contribution is 2.30. The van der Waals surface area contributed by atoms with Crippen molar-refractivity contribution in [2.75, 3.05) is 18.4 Å².